The van der Waals surface area contributed by atoms with Crippen molar-refractivity contribution < 1.29 is 36.9 Å². The number of aryl methyl sites for hydroxylation is 1. The Labute approximate surface area is 233 Å². The molecule has 12 heteroatoms. The quantitative estimate of drug-likeness (QED) is 0.185. The van der Waals surface area contributed by atoms with E-state index in [1.807, 2.05) is 0 Å². The molecule has 1 unspecified atom stereocenters. The summed E-state index contributed by atoms with van der Waals surface area (Å²) in [6.45, 7) is 1.52. The van der Waals surface area contributed by atoms with Gasteiger partial charge < -0.3 is 24.9 Å². The molecule has 0 spiro atoms. The minimum absolute atomic E-state index is 0.0372. The average molecular weight is 582 g/mol. The third-order valence-corrected chi connectivity index (χ3v) is 7.87. The standard InChI is InChI=1S/C29H25F2N3O6S/c1-29(37,17-5-3-4-16(12-17)6-9-25(35)36)24-15-33-28(34-24)20-13-18(7-8-21(20)30)40-26-22(31)14-23-19(10-11-32-23)27(26)41(2,38)39/h3-5,7-8,10-15,32,37H,6,9H2,1-2H3,(H,33,34)(H,35,36). The highest BCUT2D eigenvalue weighted by molar-refractivity contribution is 7.91. The largest absolute Gasteiger partial charge is 0.481 e. The molecule has 2 heterocycles. The van der Waals surface area contributed by atoms with Crippen molar-refractivity contribution >= 4 is 26.7 Å². The van der Waals surface area contributed by atoms with E-state index in [-0.39, 0.29) is 51.5 Å². The molecule has 0 bridgehead atoms. The van der Waals surface area contributed by atoms with Gasteiger partial charge in [0.15, 0.2) is 21.4 Å². The van der Waals surface area contributed by atoms with Crippen molar-refractivity contribution in [2.45, 2.75) is 30.3 Å². The molecular weight excluding hydrogens is 556 g/mol. The van der Waals surface area contributed by atoms with Crippen molar-refractivity contribution in [1.82, 2.24) is 15.0 Å². The number of nitrogens with zero attached hydrogens (tertiary/aromatic N) is 1. The molecule has 0 radical (unpaired) electrons. The van der Waals surface area contributed by atoms with Crippen LogP contribution in [0.5, 0.6) is 11.5 Å². The van der Waals surface area contributed by atoms with Crippen molar-refractivity contribution in [3.63, 3.8) is 0 Å². The third-order valence-electron chi connectivity index (χ3n) is 6.72. The zero-order valence-corrected chi connectivity index (χ0v) is 22.7. The number of fused-ring (bicyclic) bond motifs is 1. The molecule has 4 N–H and O–H groups in total. The number of sulfone groups is 1. The van der Waals surface area contributed by atoms with Crippen LogP contribution in [0.15, 0.2) is 71.9 Å². The molecule has 0 aliphatic carbocycles. The van der Waals surface area contributed by atoms with Gasteiger partial charge in [0, 0.05) is 35.8 Å². The number of aliphatic hydroxyl groups is 1. The molecule has 0 amide bonds. The fourth-order valence-electron chi connectivity index (χ4n) is 4.60. The van der Waals surface area contributed by atoms with E-state index in [0.29, 0.717) is 5.56 Å². The molecular formula is C29H25F2N3O6S. The third kappa shape index (κ3) is 5.56. The molecule has 5 rings (SSSR count). The highest BCUT2D eigenvalue weighted by atomic mass is 32.2. The van der Waals surface area contributed by atoms with Crippen LogP contribution in [0.2, 0.25) is 0 Å². The predicted octanol–water partition coefficient (Wildman–Crippen LogP) is 5.31. The van der Waals surface area contributed by atoms with E-state index in [4.69, 9.17) is 9.84 Å². The number of hydrogen-bond donors (Lipinski definition) is 4. The number of aromatic nitrogens is 3. The summed E-state index contributed by atoms with van der Waals surface area (Å²) < 4.78 is 60.8. The number of hydrogen-bond acceptors (Lipinski definition) is 6. The minimum Gasteiger partial charge on any atom is -0.481 e. The summed E-state index contributed by atoms with van der Waals surface area (Å²) in [5.41, 5.74) is 0.0453. The Bertz CT molecular complexity index is 1900. The lowest BCUT2D eigenvalue weighted by atomic mass is 9.91. The zero-order chi connectivity index (χ0) is 29.5. The van der Waals surface area contributed by atoms with Gasteiger partial charge in [-0.2, -0.15) is 0 Å². The number of rotatable bonds is 9. The van der Waals surface area contributed by atoms with E-state index < -0.39 is 38.8 Å². The maximum atomic E-state index is 15.0. The highest BCUT2D eigenvalue weighted by Gasteiger charge is 2.29. The molecule has 0 aliphatic rings. The van der Waals surface area contributed by atoms with Gasteiger partial charge in [0.25, 0.3) is 0 Å². The SMILES string of the molecule is CC(O)(c1cccc(CCC(=O)O)c1)c1cnc(-c2cc(Oc3c(F)cc4[nH]ccc4c3S(C)(=O)=O)ccc2F)[nH]1. The van der Waals surface area contributed by atoms with Crippen molar-refractivity contribution in [2.75, 3.05) is 6.26 Å². The molecule has 3 aromatic carbocycles. The average Bonchev–Trinajstić information content (AvgIpc) is 3.58. The summed E-state index contributed by atoms with van der Waals surface area (Å²) in [7, 11) is -3.93. The second kappa shape index (κ2) is 10.5. The summed E-state index contributed by atoms with van der Waals surface area (Å²) >= 11 is 0. The molecule has 0 saturated heterocycles. The highest BCUT2D eigenvalue weighted by Crippen LogP contribution is 2.39. The first-order valence-electron chi connectivity index (χ1n) is 12.4. The van der Waals surface area contributed by atoms with Gasteiger partial charge in [-0.25, -0.2) is 22.2 Å². The van der Waals surface area contributed by atoms with E-state index >= 15 is 4.39 Å². The second-order valence-corrected chi connectivity index (χ2v) is 11.7. The number of benzene rings is 3. The molecule has 5 aromatic rings. The smallest absolute Gasteiger partial charge is 0.303 e. The van der Waals surface area contributed by atoms with Crippen LogP contribution >= 0.6 is 0 Å². The van der Waals surface area contributed by atoms with Gasteiger partial charge in [0.05, 0.1) is 17.5 Å². The molecule has 0 fully saturated rings. The van der Waals surface area contributed by atoms with Gasteiger partial charge in [0.1, 0.15) is 27.9 Å². The molecule has 9 nitrogen and oxygen atoms in total. The number of aliphatic carboxylic acids is 1. The van der Waals surface area contributed by atoms with E-state index in [0.717, 1.165) is 24.0 Å². The van der Waals surface area contributed by atoms with Crippen molar-refractivity contribution in [3.05, 3.63) is 95.4 Å². The first-order chi connectivity index (χ1) is 19.3. The Hall–Kier alpha value is -4.55. The molecule has 1 atom stereocenters. The summed E-state index contributed by atoms with van der Waals surface area (Å²) in [5.74, 6) is -3.09. The van der Waals surface area contributed by atoms with Gasteiger partial charge in [-0.1, -0.05) is 24.3 Å². The normalized spacial score (nSPS) is 13.3. The van der Waals surface area contributed by atoms with Crippen LogP contribution in [-0.2, 0) is 26.7 Å². The van der Waals surface area contributed by atoms with Crippen molar-refractivity contribution in [2.24, 2.45) is 0 Å². The first kappa shape index (κ1) is 28.0. The number of carboxylic acids is 1. The van der Waals surface area contributed by atoms with Crippen LogP contribution in [0.25, 0.3) is 22.3 Å². The number of imidazole rings is 1. The molecule has 41 heavy (non-hydrogen) atoms. The Balaban J connectivity index is 1.48. The number of ether oxygens (including phenoxy) is 1. The summed E-state index contributed by atoms with van der Waals surface area (Å²) in [5, 5.41) is 20.5. The first-order valence-corrected chi connectivity index (χ1v) is 14.3. The second-order valence-electron chi connectivity index (χ2n) is 9.78. The fraction of sp³-hybridized carbons (Fsp3) is 0.172. The Morgan fingerprint density at radius 1 is 1.10 bits per heavy atom. The van der Waals surface area contributed by atoms with Gasteiger partial charge in [-0.3, -0.25) is 4.79 Å². The van der Waals surface area contributed by atoms with Crippen LogP contribution in [0, 0.1) is 11.6 Å². The molecule has 0 saturated carbocycles. The monoisotopic (exact) mass is 581 g/mol. The van der Waals surface area contributed by atoms with Crippen LogP contribution in [-0.4, -0.2) is 45.8 Å². The van der Waals surface area contributed by atoms with Gasteiger partial charge in [0.2, 0.25) is 0 Å². The Morgan fingerprint density at radius 2 is 1.88 bits per heavy atom. The minimum atomic E-state index is -3.93. The summed E-state index contributed by atoms with van der Waals surface area (Å²) in [4.78, 5) is 20.5. The number of carboxylic acid groups (broad SMARTS) is 1. The lowest BCUT2D eigenvalue weighted by molar-refractivity contribution is -0.136. The van der Waals surface area contributed by atoms with Gasteiger partial charge >= 0.3 is 5.97 Å². The topological polar surface area (TPSA) is 145 Å². The van der Waals surface area contributed by atoms with Gasteiger partial charge in [-0.15, -0.1) is 0 Å². The van der Waals surface area contributed by atoms with E-state index in [1.54, 1.807) is 24.3 Å². The maximum absolute atomic E-state index is 15.0. The predicted molar refractivity (Wildman–Crippen MR) is 146 cm³/mol. The number of halogens is 2. The van der Waals surface area contributed by atoms with Crippen LogP contribution in [0.4, 0.5) is 8.78 Å². The molecule has 0 aliphatic heterocycles. The maximum Gasteiger partial charge on any atom is 0.303 e. The summed E-state index contributed by atoms with van der Waals surface area (Å²) in [6, 6.07) is 13.0. The molecule has 2 aromatic heterocycles. The van der Waals surface area contributed by atoms with Gasteiger partial charge in [-0.05, 0) is 48.7 Å². The zero-order valence-electron chi connectivity index (χ0n) is 21.9. The van der Waals surface area contributed by atoms with E-state index in [9.17, 15) is 22.7 Å². The molecule has 212 valence electrons. The lowest BCUT2D eigenvalue weighted by Gasteiger charge is -2.23. The summed E-state index contributed by atoms with van der Waals surface area (Å²) in [6.07, 6.45) is 3.98. The lowest BCUT2D eigenvalue weighted by Crippen LogP contribution is -2.23. The van der Waals surface area contributed by atoms with E-state index in [2.05, 4.69) is 15.0 Å². The van der Waals surface area contributed by atoms with Crippen molar-refractivity contribution in [1.29, 1.82) is 0 Å². The van der Waals surface area contributed by atoms with Crippen LogP contribution in [0.3, 0.4) is 0 Å². The number of nitrogens with one attached hydrogen (secondary N) is 2. The van der Waals surface area contributed by atoms with E-state index in [1.165, 1.54) is 37.5 Å². The number of aromatic amines is 2. The Morgan fingerprint density at radius 3 is 2.61 bits per heavy atom. The number of H-pyrrole nitrogens is 2. The van der Waals surface area contributed by atoms with Crippen molar-refractivity contribution in [3.8, 4) is 22.9 Å². The van der Waals surface area contributed by atoms with Crippen LogP contribution in [0.1, 0.15) is 30.2 Å². The number of carbonyl (C=O) groups is 1. The van der Waals surface area contributed by atoms with Crippen LogP contribution < -0.4 is 4.74 Å². The Kier molecular flexibility index (Phi) is 7.14. The fourth-order valence-corrected chi connectivity index (χ4v) is 5.65.